The smallest absolute Gasteiger partial charge is 0.457 e. The van der Waals surface area contributed by atoms with Crippen LogP contribution in [0.1, 0.15) is 213 Å². The lowest BCUT2D eigenvalue weighted by Crippen LogP contribution is -2.64. The number of phosphoric ester groups is 1. The zero-order valence-corrected chi connectivity index (χ0v) is 37.1. The summed E-state index contributed by atoms with van der Waals surface area (Å²) in [5.41, 5.74) is 0. The first-order valence-electron chi connectivity index (χ1n) is 23.4. The van der Waals surface area contributed by atoms with E-state index in [-0.39, 0.29) is 13.0 Å². The van der Waals surface area contributed by atoms with Crippen molar-refractivity contribution in [3.05, 3.63) is 0 Å². The van der Waals surface area contributed by atoms with E-state index in [9.17, 15) is 39.8 Å². The van der Waals surface area contributed by atoms with Crippen molar-refractivity contribution in [2.45, 2.75) is 256 Å². The highest BCUT2D eigenvalue weighted by molar-refractivity contribution is 7.47. The number of unbranched alkanes of at least 4 members (excludes halogenated alkanes) is 28. The maximum atomic E-state index is 12.7. The Kier molecular flexibility index (Phi) is 34.4. The third kappa shape index (κ3) is 28.5. The Morgan fingerprint density at radius 1 is 0.491 bits per heavy atom. The van der Waals surface area contributed by atoms with Crippen LogP contribution in [0.3, 0.4) is 0 Å². The number of ether oxygens (including phenoxy) is 2. The summed E-state index contributed by atoms with van der Waals surface area (Å²) in [6, 6.07) is 0. The molecule has 1 rings (SSSR count). The van der Waals surface area contributed by atoms with Gasteiger partial charge in [-0.15, -0.1) is 0 Å². The van der Waals surface area contributed by atoms with Crippen molar-refractivity contribution < 1.29 is 58.3 Å². The first kappa shape index (κ1) is 54.4. The molecule has 1 aliphatic rings. The molecule has 1 fully saturated rings. The summed E-state index contributed by atoms with van der Waals surface area (Å²) in [6.07, 6.45) is 25.1. The molecular weight excluding hydrogens is 751 g/mol. The van der Waals surface area contributed by atoms with Crippen molar-refractivity contribution in [1.82, 2.24) is 0 Å². The predicted octanol–water partition coefficient (Wildman–Crippen LogP) is 9.37. The van der Waals surface area contributed by atoms with Gasteiger partial charge in [0.25, 0.3) is 0 Å². The molecule has 1 saturated carbocycles. The van der Waals surface area contributed by atoms with Gasteiger partial charge < -0.3 is 39.9 Å². The minimum absolute atomic E-state index is 0.0691. The average molecular weight is 839 g/mol. The maximum absolute atomic E-state index is 12.7. The second-order valence-corrected chi connectivity index (χ2v) is 18.0. The van der Waals surface area contributed by atoms with Crippen molar-refractivity contribution in [2.75, 3.05) is 19.8 Å². The standard InChI is InChI=1S/C44H87O12P/c1-3-5-7-9-11-12-13-14-15-16-17-18-19-20-21-22-23-24-25-26-28-30-32-34-53-35-37(55-38(45)33-31-29-27-10-8-6-4-2)36-54-57(51,52)56-44-42(49)40(47)39(46)41(48)43(44)50/h37,39-44,46-50H,3-36H2,1-2H3,(H,51,52). The lowest BCUT2D eigenvalue weighted by molar-refractivity contribution is -0.220. The number of rotatable bonds is 40. The molecule has 0 saturated heterocycles. The number of hydrogen-bond acceptors (Lipinski definition) is 11. The van der Waals surface area contributed by atoms with Crippen LogP contribution in [-0.4, -0.2) is 98.9 Å². The zero-order valence-electron chi connectivity index (χ0n) is 36.2. The maximum Gasteiger partial charge on any atom is 0.472 e. The van der Waals surface area contributed by atoms with Crippen molar-refractivity contribution in [3.63, 3.8) is 0 Å². The largest absolute Gasteiger partial charge is 0.472 e. The molecule has 6 unspecified atom stereocenters. The molecule has 0 heterocycles. The molecule has 0 radical (unpaired) electrons. The van der Waals surface area contributed by atoms with E-state index in [1.165, 1.54) is 141 Å². The van der Waals surface area contributed by atoms with E-state index in [4.69, 9.17) is 18.5 Å². The predicted molar refractivity (Wildman–Crippen MR) is 226 cm³/mol. The topological polar surface area (TPSA) is 192 Å². The SMILES string of the molecule is CCCCCCCCCCCCCCCCCCCCCCCCCOCC(COP(=O)(O)OC1C(O)C(O)C(O)C(O)C1O)OC(=O)CCCCCCCCC. The molecule has 0 aromatic carbocycles. The fourth-order valence-corrected chi connectivity index (χ4v) is 8.45. The molecule has 340 valence electrons. The van der Waals surface area contributed by atoms with Gasteiger partial charge in [-0.1, -0.05) is 194 Å². The summed E-state index contributed by atoms with van der Waals surface area (Å²) in [4.78, 5) is 23.0. The van der Waals surface area contributed by atoms with Gasteiger partial charge in [-0.3, -0.25) is 13.8 Å². The molecule has 0 aliphatic heterocycles. The Labute approximate surface area is 346 Å². The van der Waals surface area contributed by atoms with Crippen molar-refractivity contribution in [1.29, 1.82) is 0 Å². The van der Waals surface area contributed by atoms with E-state index in [1.54, 1.807) is 0 Å². The highest BCUT2D eigenvalue weighted by Gasteiger charge is 2.51. The first-order valence-corrected chi connectivity index (χ1v) is 24.9. The zero-order chi connectivity index (χ0) is 42.0. The normalized spacial score (nSPS) is 22.7. The Hall–Kier alpha value is -0.660. The molecule has 6 atom stereocenters. The number of aliphatic hydroxyl groups is 5. The lowest BCUT2D eigenvalue weighted by Gasteiger charge is -2.41. The van der Waals surface area contributed by atoms with Gasteiger partial charge in [0.2, 0.25) is 0 Å². The average Bonchev–Trinajstić information content (AvgIpc) is 3.19. The molecule has 13 heteroatoms. The molecule has 0 bridgehead atoms. The fraction of sp³-hybridized carbons (Fsp3) is 0.977. The van der Waals surface area contributed by atoms with Crippen LogP contribution in [0.25, 0.3) is 0 Å². The van der Waals surface area contributed by atoms with Gasteiger partial charge in [0, 0.05) is 13.0 Å². The van der Waals surface area contributed by atoms with Crippen molar-refractivity contribution >= 4 is 13.8 Å². The van der Waals surface area contributed by atoms with Crippen LogP contribution >= 0.6 is 7.82 Å². The Morgan fingerprint density at radius 3 is 1.21 bits per heavy atom. The van der Waals surface area contributed by atoms with Gasteiger partial charge in [-0.25, -0.2) is 4.57 Å². The monoisotopic (exact) mass is 839 g/mol. The number of carbonyl (C=O) groups is 1. The van der Waals surface area contributed by atoms with Crippen molar-refractivity contribution in [2.24, 2.45) is 0 Å². The van der Waals surface area contributed by atoms with Gasteiger partial charge in [0.05, 0.1) is 13.2 Å². The molecule has 12 nitrogen and oxygen atoms in total. The molecule has 57 heavy (non-hydrogen) atoms. The van der Waals surface area contributed by atoms with E-state index in [0.717, 1.165) is 44.9 Å². The number of aliphatic hydroxyl groups excluding tert-OH is 5. The van der Waals surface area contributed by atoms with Gasteiger partial charge in [-0.2, -0.15) is 0 Å². The van der Waals surface area contributed by atoms with Crippen LogP contribution in [-0.2, 0) is 27.9 Å². The first-order chi connectivity index (χ1) is 27.5. The van der Waals surface area contributed by atoms with E-state index in [1.807, 2.05) is 0 Å². The number of carbonyl (C=O) groups excluding carboxylic acids is 1. The minimum atomic E-state index is -5.00. The summed E-state index contributed by atoms with van der Waals surface area (Å²) in [7, 11) is -5.00. The highest BCUT2D eigenvalue weighted by atomic mass is 31.2. The van der Waals surface area contributed by atoms with Crippen LogP contribution in [0, 0.1) is 0 Å². The van der Waals surface area contributed by atoms with Gasteiger partial charge in [-0.05, 0) is 12.8 Å². The third-order valence-corrected chi connectivity index (χ3v) is 12.2. The molecule has 0 aromatic rings. The van der Waals surface area contributed by atoms with Crippen LogP contribution in [0.15, 0.2) is 0 Å². The van der Waals surface area contributed by atoms with E-state index < -0.39 is 63.1 Å². The third-order valence-electron chi connectivity index (χ3n) is 11.2. The summed E-state index contributed by atoms with van der Waals surface area (Å²) in [6.45, 7) is 4.23. The fourth-order valence-electron chi connectivity index (χ4n) is 7.47. The van der Waals surface area contributed by atoms with E-state index in [2.05, 4.69) is 13.8 Å². The molecular formula is C44H87O12P. The van der Waals surface area contributed by atoms with Gasteiger partial charge in [0.15, 0.2) is 0 Å². The summed E-state index contributed by atoms with van der Waals surface area (Å²) >= 11 is 0. The Bertz CT molecular complexity index is 958. The summed E-state index contributed by atoms with van der Waals surface area (Å²) in [5.74, 6) is -0.479. The summed E-state index contributed by atoms with van der Waals surface area (Å²) < 4.78 is 34.0. The van der Waals surface area contributed by atoms with Crippen LogP contribution in [0.5, 0.6) is 0 Å². The second kappa shape index (κ2) is 36.0. The van der Waals surface area contributed by atoms with E-state index >= 15 is 0 Å². The van der Waals surface area contributed by atoms with E-state index in [0.29, 0.717) is 13.0 Å². The van der Waals surface area contributed by atoms with Gasteiger partial charge >= 0.3 is 13.8 Å². The van der Waals surface area contributed by atoms with Crippen molar-refractivity contribution in [3.8, 4) is 0 Å². The number of hydrogen-bond donors (Lipinski definition) is 6. The Balaban J connectivity index is 2.23. The highest BCUT2D eigenvalue weighted by Crippen LogP contribution is 2.47. The van der Waals surface area contributed by atoms with Crippen LogP contribution in [0.4, 0.5) is 0 Å². The number of phosphoric acid groups is 1. The molecule has 1 aliphatic carbocycles. The molecule has 0 amide bonds. The lowest BCUT2D eigenvalue weighted by atomic mass is 9.85. The summed E-state index contributed by atoms with van der Waals surface area (Å²) in [5, 5.41) is 50.0. The van der Waals surface area contributed by atoms with Crippen LogP contribution in [0.2, 0.25) is 0 Å². The molecule has 0 aromatic heterocycles. The van der Waals surface area contributed by atoms with Crippen LogP contribution < -0.4 is 0 Å². The quantitative estimate of drug-likeness (QED) is 0.0195. The number of esters is 1. The molecule has 6 N–H and O–H groups in total. The van der Waals surface area contributed by atoms with Gasteiger partial charge in [0.1, 0.15) is 42.7 Å². The molecule has 0 spiro atoms. The Morgan fingerprint density at radius 2 is 0.825 bits per heavy atom. The second-order valence-electron chi connectivity index (χ2n) is 16.6. The minimum Gasteiger partial charge on any atom is -0.457 e.